The first-order chi connectivity index (χ1) is 16.8. The maximum Gasteiger partial charge on any atom is 0.245 e. The number of amides is 1. The first-order valence-electron chi connectivity index (χ1n) is 12.3. The number of ketones is 1. The van der Waals surface area contributed by atoms with Crippen molar-refractivity contribution in [3.05, 3.63) is 52.7 Å². The molecule has 6 nitrogen and oxygen atoms in total. The van der Waals surface area contributed by atoms with Gasteiger partial charge in [0.2, 0.25) is 11.7 Å². The van der Waals surface area contributed by atoms with Crippen molar-refractivity contribution < 1.29 is 23.8 Å². The number of benzene rings is 2. The normalized spacial score (nSPS) is 19.6. The summed E-state index contributed by atoms with van der Waals surface area (Å²) in [5.41, 5.74) is 2.21. The molecule has 186 valence electrons. The summed E-state index contributed by atoms with van der Waals surface area (Å²) in [4.78, 5) is 30.2. The number of para-hydroxylation sites is 1. The van der Waals surface area contributed by atoms with Crippen molar-refractivity contribution >= 4 is 31.0 Å². The largest absolute Gasteiger partial charge is 0.493 e. The Bertz CT molecular complexity index is 1180. The van der Waals surface area contributed by atoms with E-state index in [0.29, 0.717) is 23.7 Å². The Kier molecular flexibility index (Phi) is 6.57. The van der Waals surface area contributed by atoms with E-state index < -0.39 is 13.5 Å². The van der Waals surface area contributed by atoms with Crippen LogP contribution >= 0.6 is 0 Å². The van der Waals surface area contributed by atoms with Crippen LogP contribution in [-0.2, 0) is 15.0 Å². The Balaban J connectivity index is 2.04. The highest BCUT2D eigenvalue weighted by Crippen LogP contribution is 2.56. The summed E-state index contributed by atoms with van der Waals surface area (Å²) < 4.78 is 16.8. The third kappa shape index (κ3) is 3.35. The molecule has 0 radical (unpaired) electrons. The lowest BCUT2D eigenvalue weighted by Crippen LogP contribution is -2.47. The number of nitrogens with zero attached hydrogens (tertiary/aromatic N) is 1. The van der Waals surface area contributed by atoms with Gasteiger partial charge >= 0.3 is 0 Å². The smallest absolute Gasteiger partial charge is 0.245 e. The number of methoxy groups -OCH3 is 3. The molecule has 0 saturated heterocycles. The monoisotopic (exact) mass is 493 g/mol. The number of allylic oxidation sites excluding steroid dienone is 2. The minimum absolute atomic E-state index is 0.0136. The van der Waals surface area contributed by atoms with Crippen molar-refractivity contribution in [2.24, 2.45) is 0 Å². The summed E-state index contributed by atoms with van der Waals surface area (Å²) in [7, 11) is 4.33. The molecule has 7 heteroatoms. The first kappa shape index (κ1) is 25.0. The topological polar surface area (TPSA) is 65.1 Å². The molecule has 2 aliphatic rings. The molecule has 0 fully saturated rings. The van der Waals surface area contributed by atoms with Crippen LogP contribution in [-0.4, -0.2) is 48.1 Å². The van der Waals surface area contributed by atoms with Gasteiger partial charge in [-0.2, -0.15) is 0 Å². The number of rotatable bonds is 8. The van der Waals surface area contributed by atoms with Crippen LogP contribution < -0.4 is 19.1 Å². The molecule has 0 unspecified atom stereocenters. The van der Waals surface area contributed by atoms with Gasteiger partial charge in [-0.1, -0.05) is 57.1 Å². The Labute approximate surface area is 208 Å². The zero-order valence-corrected chi connectivity index (χ0v) is 22.8. The van der Waals surface area contributed by atoms with Gasteiger partial charge in [0.1, 0.15) is 5.41 Å². The average molecular weight is 494 g/mol. The molecule has 0 bridgehead atoms. The lowest BCUT2D eigenvalue weighted by Gasteiger charge is -2.31. The molecule has 0 saturated carbocycles. The van der Waals surface area contributed by atoms with E-state index in [1.54, 1.807) is 33.3 Å². The van der Waals surface area contributed by atoms with Crippen LogP contribution in [0.4, 0.5) is 5.69 Å². The fourth-order valence-electron chi connectivity index (χ4n) is 6.16. The lowest BCUT2D eigenvalue weighted by atomic mass is 9.77. The number of fused-ring (bicyclic) bond motifs is 2. The predicted octanol–water partition coefficient (Wildman–Crippen LogP) is 5.40. The number of hydrogen-bond donors (Lipinski definition) is 0. The highest BCUT2D eigenvalue weighted by molar-refractivity contribution is 6.92. The molecule has 1 atom stereocenters. The average Bonchev–Trinajstić information content (AvgIpc) is 3.32. The summed E-state index contributed by atoms with van der Waals surface area (Å²) in [6.45, 7) is 6.57. The molecule has 1 heterocycles. The van der Waals surface area contributed by atoms with Crippen molar-refractivity contribution in [1.82, 2.24) is 0 Å². The zero-order valence-electron chi connectivity index (χ0n) is 21.8. The van der Waals surface area contributed by atoms with Gasteiger partial charge in [-0.15, -0.1) is 0 Å². The van der Waals surface area contributed by atoms with E-state index in [0.717, 1.165) is 45.7 Å². The Hall–Kier alpha value is -3.06. The van der Waals surface area contributed by atoms with Crippen molar-refractivity contribution in [2.45, 2.75) is 50.7 Å². The lowest BCUT2D eigenvalue weighted by molar-refractivity contribution is -0.130. The van der Waals surface area contributed by atoms with Gasteiger partial charge in [-0.05, 0) is 46.5 Å². The molecule has 1 aliphatic carbocycles. The van der Waals surface area contributed by atoms with Gasteiger partial charge in [0.25, 0.3) is 0 Å². The summed E-state index contributed by atoms with van der Waals surface area (Å²) in [5.74, 6) is 1.42. The molecular formula is C28H35NO5Si. The molecular weight excluding hydrogens is 458 g/mol. The maximum atomic E-state index is 14.6. The van der Waals surface area contributed by atoms with Crippen molar-refractivity contribution in [1.29, 1.82) is 0 Å². The number of hydrogen-bond acceptors (Lipinski definition) is 5. The second-order valence-corrected chi connectivity index (χ2v) is 14.6. The number of carbonyl (C=O) groups is 2. The van der Waals surface area contributed by atoms with Gasteiger partial charge < -0.3 is 19.1 Å². The first-order valence-corrected chi connectivity index (χ1v) is 14.9. The van der Waals surface area contributed by atoms with Crippen LogP contribution in [0.15, 0.2) is 41.6 Å². The Morgan fingerprint density at radius 1 is 0.914 bits per heavy atom. The molecule has 2 aromatic carbocycles. The highest BCUT2D eigenvalue weighted by Gasteiger charge is 2.62. The number of carbonyl (C=O) groups excluding carboxylic acids is 2. The van der Waals surface area contributed by atoms with E-state index in [-0.39, 0.29) is 11.7 Å². The molecule has 1 aliphatic heterocycles. The van der Waals surface area contributed by atoms with Crippen LogP contribution in [0, 0.1) is 0 Å². The van der Waals surface area contributed by atoms with E-state index in [1.807, 2.05) is 36.4 Å². The molecule has 0 N–H and O–H groups in total. The minimum atomic E-state index is -2.19. The van der Waals surface area contributed by atoms with Crippen LogP contribution in [0.25, 0.3) is 5.57 Å². The van der Waals surface area contributed by atoms with E-state index in [2.05, 4.69) is 20.8 Å². The maximum absolute atomic E-state index is 14.6. The number of likely N-dealkylation sites (N-methyl/N-ethyl adjacent to an activating group) is 1. The van der Waals surface area contributed by atoms with Crippen molar-refractivity contribution in [3.8, 4) is 17.2 Å². The molecule has 1 amide bonds. The van der Waals surface area contributed by atoms with E-state index in [1.165, 1.54) is 0 Å². The Morgan fingerprint density at radius 3 is 2.00 bits per heavy atom. The SMILES string of the molecule is CC[Si](CC)(CC)C1=C(c2cc(OC)c(OC)c(OC)c2)C[C@@]2(C1=O)C(=O)N(C)c1ccccc12. The zero-order chi connectivity index (χ0) is 25.5. The summed E-state index contributed by atoms with van der Waals surface area (Å²) in [5, 5.41) is 0.901. The van der Waals surface area contributed by atoms with Crippen LogP contribution in [0.1, 0.15) is 38.3 Å². The van der Waals surface area contributed by atoms with E-state index in [4.69, 9.17) is 14.2 Å². The fourth-order valence-corrected chi connectivity index (χ4v) is 10.3. The number of anilines is 1. The van der Waals surface area contributed by atoms with Gasteiger partial charge in [0.05, 0.1) is 29.4 Å². The second-order valence-electron chi connectivity index (χ2n) is 9.40. The second kappa shape index (κ2) is 9.19. The molecule has 0 aromatic heterocycles. The summed E-state index contributed by atoms with van der Waals surface area (Å²) in [6, 6.07) is 14.4. The molecule has 4 rings (SSSR count). The predicted molar refractivity (Wildman–Crippen MR) is 141 cm³/mol. The molecule has 1 spiro atoms. The standard InChI is InChI=1S/C28H35NO5Si/c1-8-35(9-2,10-3)25-19(18-15-22(32-5)24(34-7)23(16-18)33-6)17-28(26(25)30)20-13-11-12-14-21(20)29(4)27(28)31/h11-16H,8-10,17H2,1-7H3/t28-/m1/s1. The van der Waals surface area contributed by atoms with Crippen LogP contribution in [0.5, 0.6) is 17.2 Å². The molecule has 35 heavy (non-hydrogen) atoms. The number of Topliss-reactive ketones (excluding diaryl/α,β-unsaturated/α-hetero) is 1. The fraction of sp³-hybridized carbons (Fsp3) is 0.429. The van der Waals surface area contributed by atoms with E-state index in [9.17, 15) is 9.59 Å². The third-order valence-electron chi connectivity index (χ3n) is 8.33. The van der Waals surface area contributed by atoms with Gasteiger partial charge in [-0.25, -0.2) is 0 Å². The molecule has 2 aromatic rings. The number of ether oxygens (including phenoxy) is 3. The van der Waals surface area contributed by atoms with E-state index >= 15 is 0 Å². The van der Waals surface area contributed by atoms with Gasteiger partial charge in [0, 0.05) is 12.7 Å². The van der Waals surface area contributed by atoms with Crippen molar-refractivity contribution in [2.75, 3.05) is 33.3 Å². The quantitative estimate of drug-likeness (QED) is 0.364. The third-order valence-corrected chi connectivity index (χ3v) is 14.0. The summed E-state index contributed by atoms with van der Waals surface area (Å²) in [6.07, 6.45) is 0.342. The Morgan fingerprint density at radius 2 is 1.49 bits per heavy atom. The van der Waals surface area contributed by atoms with Gasteiger partial charge in [-0.3, -0.25) is 9.59 Å². The van der Waals surface area contributed by atoms with Crippen LogP contribution in [0.3, 0.4) is 0 Å². The van der Waals surface area contributed by atoms with Crippen molar-refractivity contribution in [3.63, 3.8) is 0 Å². The minimum Gasteiger partial charge on any atom is -0.493 e. The van der Waals surface area contributed by atoms with Gasteiger partial charge in [0.15, 0.2) is 17.3 Å². The van der Waals surface area contributed by atoms with Crippen LogP contribution in [0.2, 0.25) is 18.1 Å². The highest BCUT2D eigenvalue weighted by atomic mass is 28.3. The summed E-state index contributed by atoms with van der Waals surface area (Å²) >= 11 is 0.